The number of hydrogen-bond donors (Lipinski definition) is 3. The van der Waals surface area contributed by atoms with Crippen LogP contribution < -0.4 is 16.0 Å². The molecule has 1 atom stereocenters. The van der Waals surface area contributed by atoms with Crippen molar-refractivity contribution >= 4 is 17.8 Å². The quantitative estimate of drug-likeness (QED) is 0.773. The minimum absolute atomic E-state index is 0.153. The third-order valence-electron chi connectivity index (χ3n) is 3.57. The first-order chi connectivity index (χ1) is 9.95. The van der Waals surface area contributed by atoms with Crippen molar-refractivity contribution in [1.29, 1.82) is 0 Å². The fraction of sp³-hybridized carbons (Fsp3) is 0.400. The highest BCUT2D eigenvalue weighted by molar-refractivity contribution is 5.98. The summed E-state index contributed by atoms with van der Waals surface area (Å²) in [6.07, 6.45) is 0.455. The number of aryl methyl sites for hydroxylation is 2. The van der Waals surface area contributed by atoms with Crippen LogP contribution in [0.15, 0.2) is 18.2 Å². The van der Waals surface area contributed by atoms with Gasteiger partial charge < -0.3 is 10.6 Å². The molecule has 1 aromatic rings. The lowest BCUT2D eigenvalue weighted by atomic mass is 10.1. The van der Waals surface area contributed by atoms with E-state index in [1.54, 1.807) is 0 Å². The maximum atomic E-state index is 12.1. The number of imide groups is 1. The Labute approximate surface area is 123 Å². The molecule has 1 aromatic carbocycles. The van der Waals surface area contributed by atoms with Gasteiger partial charge in [-0.2, -0.15) is 0 Å². The zero-order chi connectivity index (χ0) is 15.4. The van der Waals surface area contributed by atoms with Crippen molar-refractivity contribution in [2.75, 3.05) is 0 Å². The summed E-state index contributed by atoms with van der Waals surface area (Å²) in [5.41, 5.74) is 3.37. The molecule has 1 fully saturated rings. The van der Waals surface area contributed by atoms with Gasteiger partial charge in [0.05, 0.1) is 0 Å². The second-order valence-electron chi connectivity index (χ2n) is 5.25. The van der Waals surface area contributed by atoms with E-state index in [1.165, 1.54) is 11.1 Å². The van der Waals surface area contributed by atoms with Gasteiger partial charge in [-0.25, -0.2) is 4.79 Å². The third-order valence-corrected chi connectivity index (χ3v) is 3.57. The van der Waals surface area contributed by atoms with Crippen LogP contribution in [-0.2, 0) is 16.1 Å². The van der Waals surface area contributed by atoms with Crippen molar-refractivity contribution in [3.05, 3.63) is 34.9 Å². The van der Waals surface area contributed by atoms with E-state index < -0.39 is 12.1 Å². The Morgan fingerprint density at radius 3 is 2.76 bits per heavy atom. The summed E-state index contributed by atoms with van der Waals surface area (Å²) in [7, 11) is 0. The number of hydrogen-bond acceptors (Lipinski definition) is 3. The zero-order valence-electron chi connectivity index (χ0n) is 12.2. The number of benzene rings is 1. The van der Waals surface area contributed by atoms with E-state index >= 15 is 0 Å². The first kappa shape index (κ1) is 15.0. The van der Waals surface area contributed by atoms with Crippen LogP contribution in [0.2, 0.25) is 0 Å². The summed E-state index contributed by atoms with van der Waals surface area (Å²) in [5.74, 6) is -0.643. The Balaban J connectivity index is 1.93. The second-order valence-corrected chi connectivity index (χ2v) is 5.25. The van der Waals surface area contributed by atoms with Crippen LogP contribution >= 0.6 is 0 Å². The number of urea groups is 1. The molecule has 0 bridgehead atoms. The highest BCUT2D eigenvalue weighted by atomic mass is 16.2. The van der Waals surface area contributed by atoms with Gasteiger partial charge in [-0.1, -0.05) is 18.2 Å². The molecule has 4 amide bonds. The van der Waals surface area contributed by atoms with E-state index in [0.29, 0.717) is 13.0 Å². The fourth-order valence-corrected chi connectivity index (χ4v) is 2.15. The average Bonchev–Trinajstić information content (AvgIpc) is 2.60. The molecule has 21 heavy (non-hydrogen) atoms. The van der Waals surface area contributed by atoms with Gasteiger partial charge in [0.1, 0.15) is 6.04 Å². The molecule has 0 aromatic heterocycles. The Kier molecular flexibility index (Phi) is 4.57. The summed E-state index contributed by atoms with van der Waals surface area (Å²) in [5, 5.41) is 7.41. The van der Waals surface area contributed by atoms with Gasteiger partial charge in [-0.15, -0.1) is 0 Å². The highest BCUT2D eigenvalue weighted by Gasteiger charge is 2.25. The Bertz CT molecular complexity index is 584. The van der Waals surface area contributed by atoms with Crippen LogP contribution in [0, 0.1) is 13.8 Å². The predicted octanol–water partition coefficient (Wildman–Crippen LogP) is 0.908. The number of carbonyl (C=O) groups excluding carboxylic acids is 3. The number of nitrogens with one attached hydrogen (secondary N) is 3. The topological polar surface area (TPSA) is 87.3 Å². The van der Waals surface area contributed by atoms with Gasteiger partial charge >= 0.3 is 6.03 Å². The van der Waals surface area contributed by atoms with Gasteiger partial charge in [-0.05, 0) is 37.0 Å². The van der Waals surface area contributed by atoms with Gasteiger partial charge in [-0.3, -0.25) is 14.9 Å². The summed E-state index contributed by atoms with van der Waals surface area (Å²) >= 11 is 0. The van der Waals surface area contributed by atoms with Crippen molar-refractivity contribution < 1.29 is 14.4 Å². The van der Waals surface area contributed by atoms with Gasteiger partial charge in [0.25, 0.3) is 0 Å². The predicted molar refractivity (Wildman–Crippen MR) is 77.5 cm³/mol. The molecule has 1 aliphatic heterocycles. The lowest BCUT2D eigenvalue weighted by Gasteiger charge is -2.15. The Morgan fingerprint density at radius 2 is 2.05 bits per heavy atom. The fourth-order valence-electron chi connectivity index (χ4n) is 2.15. The lowest BCUT2D eigenvalue weighted by molar-refractivity contribution is -0.123. The van der Waals surface area contributed by atoms with E-state index in [1.807, 2.05) is 32.0 Å². The molecule has 6 nitrogen and oxygen atoms in total. The van der Waals surface area contributed by atoms with Crippen LogP contribution in [0.4, 0.5) is 4.79 Å². The summed E-state index contributed by atoms with van der Waals surface area (Å²) < 4.78 is 0. The lowest BCUT2D eigenvalue weighted by Crippen LogP contribution is -2.48. The molecular formula is C15H19N3O3. The van der Waals surface area contributed by atoms with Crippen LogP contribution in [0.1, 0.15) is 29.5 Å². The minimum Gasteiger partial charge on any atom is -0.350 e. The SMILES string of the molecule is Cc1ccc(CNC(=O)[C@H]2CCC(=O)NC(=O)N2)cc1C. The third kappa shape index (κ3) is 4.05. The number of amides is 4. The van der Waals surface area contributed by atoms with Crippen LogP contribution in [-0.4, -0.2) is 23.9 Å². The average molecular weight is 289 g/mol. The molecule has 1 heterocycles. The molecule has 0 saturated carbocycles. The largest absolute Gasteiger partial charge is 0.350 e. The van der Waals surface area contributed by atoms with Gasteiger partial charge in [0.15, 0.2) is 0 Å². The van der Waals surface area contributed by atoms with Crippen molar-refractivity contribution in [1.82, 2.24) is 16.0 Å². The first-order valence-electron chi connectivity index (χ1n) is 6.90. The normalized spacial score (nSPS) is 18.5. The summed E-state index contributed by atoms with van der Waals surface area (Å²) in [6, 6.07) is 4.69. The maximum absolute atomic E-state index is 12.1. The zero-order valence-corrected chi connectivity index (χ0v) is 12.2. The van der Waals surface area contributed by atoms with Gasteiger partial charge in [0, 0.05) is 13.0 Å². The van der Waals surface area contributed by atoms with Crippen LogP contribution in [0.25, 0.3) is 0 Å². The van der Waals surface area contributed by atoms with E-state index in [2.05, 4.69) is 16.0 Å². The molecule has 2 rings (SSSR count). The second kappa shape index (κ2) is 6.39. The molecule has 3 N–H and O–H groups in total. The number of rotatable bonds is 3. The molecule has 0 radical (unpaired) electrons. The molecule has 1 saturated heterocycles. The van der Waals surface area contributed by atoms with Crippen molar-refractivity contribution in [3.8, 4) is 0 Å². The summed E-state index contributed by atoms with van der Waals surface area (Å²) in [6.45, 7) is 4.44. The van der Waals surface area contributed by atoms with Crippen molar-refractivity contribution in [3.63, 3.8) is 0 Å². The molecular weight excluding hydrogens is 270 g/mol. The van der Waals surface area contributed by atoms with E-state index in [0.717, 1.165) is 5.56 Å². The van der Waals surface area contributed by atoms with Crippen molar-refractivity contribution in [2.24, 2.45) is 0 Å². The molecule has 6 heteroatoms. The standard InChI is InChI=1S/C15H19N3O3/c1-9-3-4-11(7-10(9)2)8-16-14(20)12-5-6-13(19)18-15(21)17-12/h3-4,7,12H,5-6,8H2,1-2H3,(H,16,20)(H2,17,18,19,21)/t12-/m1/s1. The van der Waals surface area contributed by atoms with E-state index in [-0.39, 0.29) is 18.2 Å². The minimum atomic E-state index is -0.678. The van der Waals surface area contributed by atoms with Gasteiger partial charge in [0.2, 0.25) is 11.8 Å². The molecule has 0 unspecified atom stereocenters. The van der Waals surface area contributed by atoms with E-state index in [9.17, 15) is 14.4 Å². The monoisotopic (exact) mass is 289 g/mol. The first-order valence-corrected chi connectivity index (χ1v) is 6.90. The Morgan fingerprint density at radius 1 is 1.29 bits per heavy atom. The van der Waals surface area contributed by atoms with E-state index in [4.69, 9.17) is 0 Å². The Hall–Kier alpha value is -2.37. The van der Waals surface area contributed by atoms with Crippen LogP contribution in [0.5, 0.6) is 0 Å². The molecule has 0 spiro atoms. The smallest absolute Gasteiger partial charge is 0.322 e. The molecule has 0 aliphatic carbocycles. The maximum Gasteiger partial charge on any atom is 0.322 e. The summed E-state index contributed by atoms with van der Waals surface area (Å²) in [4.78, 5) is 34.6. The number of carbonyl (C=O) groups is 3. The molecule has 112 valence electrons. The highest BCUT2D eigenvalue weighted by Crippen LogP contribution is 2.10. The molecule has 1 aliphatic rings. The van der Waals surface area contributed by atoms with Crippen LogP contribution in [0.3, 0.4) is 0 Å². The van der Waals surface area contributed by atoms with Crippen molar-refractivity contribution in [2.45, 2.75) is 39.3 Å².